The summed E-state index contributed by atoms with van der Waals surface area (Å²) in [7, 11) is -4.59. The summed E-state index contributed by atoms with van der Waals surface area (Å²) in [5.41, 5.74) is 0.356. The van der Waals surface area contributed by atoms with Crippen LogP contribution < -0.4 is 0 Å². The largest absolute Gasteiger partial charge is 0.299 e. The van der Waals surface area contributed by atoms with Crippen LogP contribution >= 0.6 is 0 Å². The minimum absolute atomic E-state index is 0.0506. The summed E-state index contributed by atoms with van der Waals surface area (Å²) in [4.78, 5) is 21.7. The van der Waals surface area contributed by atoms with Crippen molar-refractivity contribution in [1.82, 2.24) is 0 Å². The third kappa shape index (κ3) is 1.68. The van der Waals surface area contributed by atoms with Gasteiger partial charge in [0.15, 0.2) is 11.6 Å². The Balaban J connectivity index is 2.73. The lowest BCUT2D eigenvalue weighted by molar-refractivity contribution is -0.111. The molecule has 0 amide bonds. The molecule has 0 aromatic heterocycles. The van der Waals surface area contributed by atoms with Crippen molar-refractivity contribution >= 4 is 21.7 Å². The molecule has 0 saturated heterocycles. The van der Waals surface area contributed by atoms with Crippen LogP contribution in [0.4, 0.5) is 0 Å². The molecule has 6 heteroatoms. The van der Waals surface area contributed by atoms with Gasteiger partial charge in [-0.25, -0.2) is 0 Å². The van der Waals surface area contributed by atoms with Crippen LogP contribution in [0.25, 0.3) is 0 Å². The average molecular weight is 238 g/mol. The second-order valence-corrected chi connectivity index (χ2v) is 4.61. The Morgan fingerprint density at radius 1 is 1.00 bits per heavy atom. The first-order chi connectivity index (χ1) is 7.39. The molecule has 0 spiro atoms. The minimum Gasteiger partial charge on any atom is -0.290 e. The lowest BCUT2D eigenvalue weighted by Gasteiger charge is -2.15. The van der Waals surface area contributed by atoms with Crippen molar-refractivity contribution in [2.75, 3.05) is 0 Å². The van der Waals surface area contributed by atoms with E-state index in [1.165, 1.54) is 18.2 Å². The number of fused-ring (bicyclic) bond motifs is 1. The van der Waals surface area contributed by atoms with Crippen LogP contribution in [0.5, 0.6) is 0 Å². The summed E-state index contributed by atoms with van der Waals surface area (Å²) in [5, 5.41) is 0. The first-order valence-electron chi connectivity index (χ1n) is 4.28. The molecule has 0 radical (unpaired) electrons. The summed E-state index contributed by atoms with van der Waals surface area (Å²) in [6.07, 6.45) is 5.89. The summed E-state index contributed by atoms with van der Waals surface area (Å²) in [6.45, 7) is 0. The van der Waals surface area contributed by atoms with Crippen molar-refractivity contribution in [2.45, 2.75) is 0 Å². The molecular weight excluding hydrogens is 232 g/mol. The number of hydrogen-bond donors (Lipinski definition) is 1. The maximum atomic E-state index is 11.3. The second kappa shape index (κ2) is 3.36. The Hall–Kier alpha value is -1.79. The zero-order valence-electron chi connectivity index (χ0n) is 7.88. The fourth-order valence-electron chi connectivity index (χ4n) is 1.53. The van der Waals surface area contributed by atoms with Crippen molar-refractivity contribution in [2.24, 2.45) is 0 Å². The fourth-order valence-corrected chi connectivity index (χ4v) is 2.31. The van der Waals surface area contributed by atoms with E-state index in [-0.39, 0.29) is 11.4 Å². The van der Waals surface area contributed by atoms with Crippen molar-refractivity contribution < 1.29 is 22.6 Å². The van der Waals surface area contributed by atoms with E-state index < -0.39 is 20.8 Å². The van der Waals surface area contributed by atoms with Gasteiger partial charge in [-0.3, -0.25) is 14.1 Å². The van der Waals surface area contributed by atoms with Crippen LogP contribution in [0.2, 0.25) is 0 Å². The highest BCUT2D eigenvalue weighted by Gasteiger charge is 2.29. The Morgan fingerprint density at radius 2 is 1.69 bits per heavy atom. The lowest BCUT2D eigenvalue weighted by atomic mass is 9.93. The van der Waals surface area contributed by atoms with Crippen LogP contribution in [0, 0.1) is 0 Å². The van der Waals surface area contributed by atoms with Gasteiger partial charge in [0.2, 0.25) is 0 Å². The predicted molar refractivity (Wildman–Crippen MR) is 55.0 cm³/mol. The van der Waals surface area contributed by atoms with Gasteiger partial charge in [-0.15, -0.1) is 0 Å². The van der Waals surface area contributed by atoms with E-state index in [1.807, 2.05) is 0 Å². The summed E-state index contributed by atoms with van der Waals surface area (Å²) in [5.74, 6) is -1.10. The lowest BCUT2D eigenvalue weighted by Crippen LogP contribution is -2.18. The first-order valence-corrected chi connectivity index (χ1v) is 5.72. The van der Waals surface area contributed by atoms with E-state index in [0.717, 1.165) is 12.2 Å². The third-order valence-corrected chi connectivity index (χ3v) is 3.10. The van der Waals surface area contributed by atoms with Gasteiger partial charge >= 0.3 is 0 Å². The van der Waals surface area contributed by atoms with Crippen molar-refractivity contribution in [1.29, 1.82) is 0 Å². The Kier molecular flexibility index (Phi) is 2.25. The first kappa shape index (κ1) is 10.7. The molecule has 1 N–H and O–H groups in total. The number of allylic oxidation sites excluding steroid dienone is 8. The number of carbonyl (C=O) groups is 2. The van der Waals surface area contributed by atoms with Crippen LogP contribution in [-0.4, -0.2) is 24.5 Å². The van der Waals surface area contributed by atoms with Crippen LogP contribution in [-0.2, 0) is 19.7 Å². The van der Waals surface area contributed by atoms with Crippen molar-refractivity contribution in [3.05, 3.63) is 46.4 Å². The molecular formula is C10H6O5S. The molecule has 0 aromatic rings. The SMILES string of the molecule is O=C1C=CC2=C(S(=O)(=O)O)C(=O)C=CC2=C1. The quantitative estimate of drug-likeness (QED) is 0.665. The molecule has 2 aliphatic rings. The summed E-state index contributed by atoms with van der Waals surface area (Å²) < 4.78 is 31.0. The normalized spacial score (nSPS) is 19.9. The molecule has 0 saturated carbocycles. The van der Waals surface area contributed by atoms with Crippen LogP contribution in [0.15, 0.2) is 46.4 Å². The second-order valence-electron chi connectivity index (χ2n) is 3.25. The molecule has 0 fully saturated rings. The molecule has 2 aliphatic carbocycles. The van der Waals surface area contributed by atoms with Gasteiger partial charge in [0.05, 0.1) is 0 Å². The molecule has 0 heterocycles. The van der Waals surface area contributed by atoms with Crippen molar-refractivity contribution in [3.63, 3.8) is 0 Å². The standard InChI is InChI=1S/C10H6O5S/c11-7-2-3-8-6(5-7)1-4-9(12)10(8)16(13,14)15/h1-5H,(H,13,14,15). The van der Waals surface area contributed by atoms with Gasteiger partial charge in [0, 0.05) is 5.57 Å². The van der Waals surface area contributed by atoms with E-state index >= 15 is 0 Å². The Morgan fingerprint density at radius 3 is 2.31 bits per heavy atom. The van der Waals surface area contributed by atoms with Gasteiger partial charge in [-0.2, -0.15) is 8.42 Å². The van der Waals surface area contributed by atoms with Crippen LogP contribution in [0.3, 0.4) is 0 Å². The van der Waals surface area contributed by atoms with Crippen LogP contribution in [0.1, 0.15) is 0 Å². The topological polar surface area (TPSA) is 88.5 Å². The molecule has 2 rings (SSSR count). The van der Waals surface area contributed by atoms with Gasteiger partial charge < -0.3 is 0 Å². The highest BCUT2D eigenvalue weighted by Crippen LogP contribution is 2.28. The van der Waals surface area contributed by atoms with Gasteiger partial charge in [-0.05, 0) is 29.9 Å². The maximum absolute atomic E-state index is 11.3. The molecule has 16 heavy (non-hydrogen) atoms. The molecule has 5 nitrogen and oxygen atoms in total. The smallest absolute Gasteiger partial charge is 0.290 e. The summed E-state index contributed by atoms with van der Waals surface area (Å²) >= 11 is 0. The number of carbonyl (C=O) groups excluding carboxylic acids is 2. The highest BCUT2D eigenvalue weighted by molar-refractivity contribution is 7.91. The zero-order valence-corrected chi connectivity index (χ0v) is 8.69. The van der Waals surface area contributed by atoms with E-state index in [4.69, 9.17) is 4.55 Å². The van der Waals surface area contributed by atoms with E-state index in [0.29, 0.717) is 5.57 Å². The fraction of sp³-hybridized carbons (Fsp3) is 0. The van der Waals surface area contributed by atoms with E-state index in [2.05, 4.69) is 0 Å². The minimum atomic E-state index is -4.59. The number of ketones is 2. The predicted octanol–water partition coefficient (Wildman–Crippen LogP) is 0.332. The molecule has 0 aliphatic heterocycles. The number of hydrogen-bond acceptors (Lipinski definition) is 4. The van der Waals surface area contributed by atoms with E-state index in [1.54, 1.807) is 0 Å². The average Bonchev–Trinajstić information content (AvgIpc) is 2.16. The van der Waals surface area contributed by atoms with Gasteiger partial charge in [-0.1, -0.05) is 6.08 Å². The van der Waals surface area contributed by atoms with Gasteiger partial charge in [0.25, 0.3) is 10.1 Å². The number of rotatable bonds is 1. The van der Waals surface area contributed by atoms with E-state index in [9.17, 15) is 18.0 Å². The molecule has 0 bridgehead atoms. The molecule has 0 aromatic carbocycles. The molecule has 0 unspecified atom stereocenters. The van der Waals surface area contributed by atoms with Crippen molar-refractivity contribution in [3.8, 4) is 0 Å². The monoisotopic (exact) mass is 238 g/mol. The van der Waals surface area contributed by atoms with Gasteiger partial charge in [0.1, 0.15) is 4.91 Å². The maximum Gasteiger partial charge on any atom is 0.299 e. The zero-order chi connectivity index (χ0) is 11.9. The molecule has 0 atom stereocenters. The summed E-state index contributed by atoms with van der Waals surface area (Å²) in [6, 6.07) is 0. The Labute approximate surface area is 91.2 Å². The third-order valence-electron chi connectivity index (χ3n) is 2.16. The highest BCUT2D eigenvalue weighted by atomic mass is 32.2. The molecule has 82 valence electrons. The Bertz CT molecular complexity index is 614.